The minimum Gasteiger partial charge on any atom is -0.361 e. The number of ether oxygens (including phenoxy) is 1. The highest BCUT2D eigenvalue weighted by molar-refractivity contribution is 6.22. The van der Waals surface area contributed by atoms with E-state index in [1.165, 1.54) is 24.2 Å². The van der Waals surface area contributed by atoms with Crippen molar-refractivity contribution >= 4 is 17.5 Å². The van der Waals surface area contributed by atoms with Crippen molar-refractivity contribution in [2.24, 2.45) is 35.5 Å². The molecule has 8 atom stereocenters. The number of anilines is 1. The Morgan fingerprint density at radius 1 is 0.875 bits per heavy atom. The average molecular weight is 321 g/mol. The predicted molar refractivity (Wildman–Crippen MR) is 84.9 cm³/mol. The number of nitrogens with zero attached hydrogens (tertiary/aromatic N) is 1. The molecule has 6 fully saturated rings. The number of hydrogen-bond acceptors (Lipinski definition) is 3. The summed E-state index contributed by atoms with van der Waals surface area (Å²) in [6, 6.07) is 9.45. The third-order valence-electron chi connectivity index (χ3n) is 8.44. The van der Waals surface area contributed by atoms with E-state index >= 15 is 0 Å². The van der Waals surface area contributed by atoms with E-state index in [0.717, 1.165) is 12.1 Å². The Hall–Kier alpha value is -1.68. The average Bonchev–Trinajstić information content (AvgIpc) is 3.05. The predicted octanol–water partition coefficient (Wildman–Crippen LogP) is 2.38. The summed E-state index contributed by atoms with van der Waals surface area (Å²) in [6.45, 7) is 0. The van der Waals surface area contributed by atoms with Gasteiger partial charge in [-0.15, -0.1) is 0 Å². The third-order valence-corrected chi connectivity index (χ3v) is 8.44. The second kappa shape index (κ2) is 3.48. The van der Waals surface area contributed by atoms with Crippen molar-refractivity contribution in [2.75, 3.05) is 4.90 Å². The summed E-state index contributed by atoms with van der Waals surface area (Å²) in [4.78, 5) is 27.9. The summed E-state index contributed by atoms with van der Waals surface area (Å²) in [5.74, 6) is 1.67. The Morgan fingerprint density at radius 3 is 2.04 bits per heavy atom. The minimum atomic E-state index is -0.127. The number of amides is 2. The first-order chi connectivity index (χ1) is 11.7. The van der Waals surface area contributed by atoms with Gasteiger partial charge in [-0.2, -0.15) is 0 Å². The van der Waals surface area contributed by atoms with Crippen molar-refractivity contribution in [3.05, 3.63) is 30.3 Å². The zero-order chi connectivity index (χ0) is 15.8. The van der Waals surface area contributed by atoms with Gasteiger partial charge >= 0.3 is 0 Å². The third kappa shape index (κ3) is 0.972. The van der Waals surface area contributed by atoms with Crippen molar-refractivity contribution in [3.8, 4) is 0 Å². The van der Waals surface area contributed by atoms with Gasteiger partial charge in [0, 0.05) is 11.8 Å². The van der Waals surface area contributed by atoms with Crippen LogP contribution >= 0.6 is 0 Å². The molecule has 2 amide bonds. The number of hydrogen-bond donors (Lipinski definition) is 0. The minimum absolute atomic E-state index is 0.0234. The lowest BCUT2D eigenvalue weighted by Crippen LogP contribution is -2.46. The molecule has 6 aliphatic rings. The van der Waals surface area contributed by atoms with Crippen molar-refractivity contribution in [1.82, 2.24) is 0 Å². The highest BCUT2D eigenvalue weighted by atomic mass is 16.6. The number of imide groups is 1. The summed E-state index contributed by atoms with van der Waals surface area (Å²) in [5.41, 5.74) is 0.688. The van der Waals surface area contributed by atoms with Crippen LogP contribution in [0.4, 0.5) is 5.69 Å². The summed E-state index contributed by atoms with van der Waals surface area (Å²) in [6.07, 6.45) is 4.84. The zero-order valence-electron chi connectivity index (χ0n) is 13.4. The second-order valence-electron chi connectivity index (χ2n) is 8.74. The van der Waals surface area contributed by atoms with E-state index in [9.17, 15) is 9.59 Å². The van der Waals surface area contributed by atoms with Crippen LogP contribution in [0.25, 0.3) is 0 Å². The number of benzene rings is 1. The fraction of sp³-hybridized carbons (Fsp3) is 0.600. The van der Waals surface area contributed by atoms with E-state index < -0.39 is 0 Å². The molecule has 4 bridgehead atoms. The van der Waals surface area contributed by atoms with Gasteiger partial charge in [0.2, 0.25) is 11.8 Å². The maximum absolute atomic E-state index is 13.2. The number of carbonyl (C=O) groups excluding carboxylic acids is 2. The molecule has 2 saturated heterocycles. The van der Waals surface area contributed by atoms with E-state index in [2.05, 4.69) is 0 Å². The van der Waals surface area contributed by atoms with E-state index in [4.69, 9.17) is 4.74 Å². The van der Waals surface area contributed by atoms with Crippen molar-refractivity contribution < 1.29 is 14.3 Å². The van der Waals surface area contributed by atoms with Gasteiger partial charge in [-0.05, 0) is 49.7 Å². The maximum Gasteiger partial charge on any atom is 0.238 e. The highest BCUT2D eigenvalue weighted by Gasteiger charge is 2.95. The molecule has 0 spiro atoms. The number of para-hydroxylation sites is 1. The Bertz CT molecular complexity index is 775. The first-order valence-electron chi connectivity index (χ1n) is 9.33. The molecule has 7 rings (SSSR count). The van der Waals surface area contributed by atoms with Crippen LogP contribution in [-0.4, -0.2) is 23.0 Å². The van der Waals surface area contributed by atoms with Gasteiger partial charge < -0.3 is 4.74 Å². The van der Waals surface area contributed by atoms with Crippen LogP contribution in [0.3, 0.4) is 0 Å². The van der Waals surface area contributed by atoms with Gasteiger partial charge in [-0.25, -0.2) is 0 Å². The Morgan fingerprint density at radius 2 is 1.46 bits per heavy atom. The Balaban J connectivity index is 1.36. The quantitative estimate of drug-likeness (QED) is 0.589. The van der Waals surface area contributed by atoms with Gasteiger partial charge in [-0.3, -0.25) is 14.5 Å². The van der Waals surface area contributed by atoms with Crippen LogP contribution in [0, 0.1) is 35.5 Å². The van der Waals surface area contributed by atoms with Gasteiger partial charge in [-0.1, -0.05) is 18.2 Å². The Kier molecular flexibility index (Phi) is 1.83. The molecular weight excluding hydrogens is 302 g/mol. The van der Waals surface area contributed by atoms with Crippen molar-refractivity contribution in [2.45, 2.75) is 36.9 Å². The molecular formula is C20H19NO3. The lowest BCUT2D eigenvalue weighted by atomic mass is 9.64. The second-order valence-corrected chi connectivity index (χ2v) is 8.74. The first kappa shape index (κ1) is 12.6. The lowest BCUT2D eigenvalue weighted by molar-refractivity contribution is -0.124. The van der Waals surface area contributed by atoms with Crippen LogP contribution in [0.2, 0.25) is 0 Å². The molecule has 0 unspecified atom stereocenters. The monoisotopic (exact) mass is 321 g/mol. The molecule has 4 nitrogen and oxygen atoms in total. The summed E-state index contributed by atoms with van der Waals surface area (Å²) in [5, 5.41) is 0. The molecule has 2 aliphatic heterocycles. The van der Waals surface area contributed by atoms with Gasteiger partial charge in [0.1, 0.15) is 11.2 Å². The topological polar surface area (TPSA) is 49.9 Å². The number of fused-ring (bicyclic) bond motifs is 7. The van der Waals surface area contributed by atoms with E-state index in [-0.39, 0.29) is 46.7 Å². The summed E-state index contributed by atoms with van der Waals surface area (Å²) < 4.78 is 6.49. The first-order valence-corrected chi connectivity index (χ1v) is 9.33. The fourth-order valence-corrected chi connectivity index (χ4v) is 8.00. The SMILES string of the molecule is O=C1[C@@H]2[C@H](C(=O)N1c1ccccc1)[C@H]1C[C@H]2[C@]23O[C@@]12[C@H]1CC[C@H]3C1. The molecule has 4 aliphatic carbocycles. The van der Waals surface area contributed by atoms with E-state index in [1.807, 2.05) is 30.3 Å². The standard InChI is InChI=1S/C20H19NO3/c22-17-15-13-9-14(20-11-7-6-10(8-11)19(13,20)24-20)16(15)18(23)21(17)12-4-2-1-3-5-12/h1-5,10-11,13-16H,6-9H2/t10-,11-,13+,14+,15-,16+,19-,20-/m0/s1. The molecule has 1 aromatic rings. The molecule has 2 heterocycles. The van der Waals surface area contributed by atoms with E-state index in [1.54, 1.807) is 0 Å². The molecule has 0 radical (unpaired) electrons. The number of carbonyl (C=O) groups is 2. The number of epoxide rings is 1. The van der Waals surface area contributed by atoms with Gasteiger partial charge in [0.05, 0.1) is 17.5 Å². The maximum atomic E-state index is 13.2. The van der Waals surface area contributed by atoms with E-state index in [0.29, 0.717) is 11.8 Å². The zero-order valence-corrected chi connectivity index (χ0v) is 13.4. The molecule has 122 valence electrons. The summed E-state index contributed by atoms with van der Waals surface area (Å²) >= 11 is 0. The van der Waals surface area contributed by atoms with Gasteiger partial charge in [0.25, 0.3) is 0 Å². The summed E-state index contributed by atoms with van der Waals surface area (Å²) in [7, 11) is 0. The molecule has 0 N–H and O–H groups in total. The van der Waals surface area contributed by atoms with Crippen LogP contribution < -0.4 is 4.90 Å². The van der Waals surface area contributed by atoms with Crippen LogP contribution in [0.5, 0.6) is 0 Å². The van der Waals surface area contributed by atoms with Crippen LogP contribution in [0.1, 0.15) is 25.7 Å². The molecule has 0 aromatic heterocycles. The van der Waals surface area contributed by atoms with Crippen molar-refractivity contribution in [1.29, 1.82) is 0 Å². The fourth-order valence-electron chi connectivity index (χ4n) is 8.00. The van der Waals surface area contributed by atoms with Crippen molar-refractivity contribution in [3.63, 3.8) is 0 Å². The normalized spacial score (nSPS) is 55.1. The smallest absolute Gasteiger partial charge is 0.238 e. The largest absolute Gasteiger partial charge is 0.361 e. The molecule has 4 saturated carbocycles. The lowest BCUT2D eigenvalue weighted by Gasteiger charge is -2.33. The molecule has 24 heavy (non-hydrogen) atoms. The highest BCUT2D eigenvalue weighted by Crippen LogP contribution is 2.86. The molecule has 4 heteroatoms. The van der Waals surface area contributed by atoms with Gasteiger partial charge in [0.15, 0.2) is 0 Å². The van der Waals surface area contributed by atoms with Crippen LogP contribution in [0.15, 0.2) is 30.3 Å². The van der Waals surface area contributed by atoms with Crippen LogP contribution in [-0.2, 0) is 14.3 Å². The Labute approximate surface area is 140 Å². The number of rotatable bonds is 1. The molecule has 1 aromatic carbocycles.